The fourth-order valence-electron chi connectivity index (χ4n) is 12.4. The number of aliphatic hydroxyl groups excluding tert-OH is 5. The Bertz CT molecular complexity index is 1380. The highest BCUT2D eigenvalue weighted by molar-refractivity contribution is 5.76. The molecular formula is C75H145NO8. The van der Waals surface area contributed by atoms with Gasteiger partial charge in [-0.15, -0.1) is 0 Å². The Balaban J connectivity index is 2.07. The lowest BCUT2D eigenvalue weighted by Gasteiger charge is -2.40. The van der Waals surface area contributed by atoms with Gasteiger partial charge in [-0.05, 0) is 44.9 Å². The molecule has 1 amide bonds. The van der Waals surface area contributed by atoms with Crippen LogP contribution in [0.3, 0.4) is 0 Å². The standard InChI is InChI=1S/C75H145NO8/c1-3-5-7-9-11-13-15-17-19-21-23-25-27-29-31-33-34-35-37-38-40-42-44-46-48-50-52-54-56-58-60-62-64-69(78)68(67-83-75-74(82)73(81)72(80)70(66-77)84-75)76-71(79)65-63-61-59-57-55-53-51-49-47-45-43-41-39-36-32-30-28-26-24-22-20-18-16-14-12-10-8-6-4-2/h16,18,22,24,68-70,72-75,77-78,80-82H,3-15,17,19-21,23,25-67H2,1-2H3,(H,76,79)/b18-16-,24-22-. The van der Waals surface area contributed by atoms with E-state index in [1.54, 1.807) is 0 Å². The van der Waals surface area contributed by atoms with Crippen LogP contribution in [-0.4, -0.2) is 87.5 Å². The van der Waals surface area contributed by atoms with E-state index in [0.717, 1.165) is 44.9 Å². The highest BCUT2D eigenvalue weighted by Gasteiger charge is 2.44. The van der Waals surface area contributed by atoms with E-state index in [1.807, 2.05) is 0 Å². The number of ether oxygens (including phenoxy) is 2. The third kappa shape index (κ3) is 52.6. The average Bonchev–Trinajstić information content (AvgIpc) is 3.69. The number of carbonyl (C=O) groups excluding carboxylic acids is 1. The second kappa shape index (κ2) is 64.6. The molecule has 0 radical (unpaired) electrons. The lowest BCUT2D eigenvalue weighted by Crippen LogP contribution is -2.60. The first-order chi connectivity index (χ1) is 41.3. The van der Waals surface area contributed by atoms with Gasteiger partial charge in [-0.3, -0.25) is 4.79 Å². The van der Waals surface area contributed by atoms with Crippen LogP contribution in [-0.2, 0) is 14.3 Å². The summed E-state index contributed by atoms with van der Waals surface area (Å²) in [7, 11) is 0. The van der Waals surface area contributed by atoms with Gasteiger partial charge in [0.1, 0.15) is 24.4 Å². The molecule has 0 bridgehead atoms. The maximum Gasteiger partial charge on any atom is 0.220 e. The summed E-state index contributed by atoms with van der Waals surface area (Å²) in [6, 6.07) is -0.719. The largest absolute Gasteiger partial charge is 0.394 e. The van der Waals surface area contributed by atoms with Gasteiger partial charge < -0.3 is 40.3 Å². The van der Waals surface area contributed by atoms with Crippen molar-refractivity contribution in [3.05, 3.63) is 24.3 Å². The normalized spacial score (nSPS) is 18.2. The van der Waals surface area contributed by atoms with Crippen LogP contribution in [0.25, 0.3) is 0 Å². The molecule has 0 aromatic rings. The number of rotatable bonds is 67. The summed E-state index contributed by atoms with van der Waals surface area (Å²) in [5, 5.41) is 55.0. The molecule has 6 N–H and O–H groups in total. The summed E-state index contributed by atoms with van der Waals surface area (Å²) in [5.41, 5.74) is 0. The first-order valence-corrected chi connectivity index (χ1v) is 37.5. The molecule has 0 saturated carbocycles. The fraction of sp³-hybridized carbons (Fsp3) is 0.933. The smallest absolute Gasteiger partial charge is 0.220 e. The molecule has 0 aliphatic carbocycles. The minimum atomic E-state index is -1.55. The third-order valence-electron chi connectivity index (χ3n) is 18.3. The molecule has 0 spiro atoms. The van der Waals surface area contributed by atoms with Crippen LogP contribution in [0, 0.1) is 0 Å². The molecular weight excluding hydrogens is 1040 g/mol. The summed E-state index contributed by atoms with van der Waals surface area (Å²) >= 11 is 0. The van der Waals surface area contributed by atoms with Crippen LogP contribution in [0.1, 0.15) is 393 Å². The van der Waals surface area contributed by atoms with Gasteiger partial charge in [-0.1, -0.05) is 366 Å². The number of aliphatic hydroxyl groups is 5. The predicted molar refractivity (Wildman–Crippen MR) is 360 cm³/mol. The van der Waals surface area contributed by atoms with Crippen LogP contribution >= 0.6 is 0 Å². The number of hydrogen-bond acceptors (Lipinski definition) is 8. The zero-order valence-corrected chi connectivity index (χ0v) is 55.9. The molecule has 84 heavy (non-hydrogen) atoms. The maximum absolute atomic E-state index is 13.2. The highest BCUT2D eigenvalue weighted by Crippen LogP contribution is 2.24. The summed E-state index contributed by atoms with van der Waals surface area (Å²) in [6.07, 6.45) is 78.4. The minimum absolute atomic E-state index is 0.133. The molecule has 498 valence electrons. The van der Waals surface area contributed by atoms with Gasteiger partial charge in [-0.25, -0.2) is 0 Å². The Kier molecular flexibility index (Phi) is 62.1. The molecule has 1 fully saturated rings. The van der Waals surface area contributed by atoms with E-state index in [2.05, 4.69) is 43.5 Å². The van der Waals surface area contributed by atoms with E-state index in [0.29, 0.717) is 12.8 Å². The zero-order chi connectivity index (χ0) is 60.7. The van der Waals surface area contributed by atoms with Crippen molar-refractivity contribution < 1.29 is 39.8 Å². The molecule has 9 nitrogen and oxygen atoms in total. The fourth-order valence-corrected chi connectivity index (χ4v) is 12.4. The van der Waals surface area contributed by atoms with Crippen molar-refractivity contribution in [1.29, 1.82) is 0 Å². The second-order valence-corrected chi connectivity index (χ2v) is 26.5. The zero-order valence-electron chi connectivity index (χ0n) is 55.9. The Morgan fingerprint density at radius 2 is 0.702 bits per heavy atom. The van der Waals surface area contributed by atoms with Crippen molar-refractivity contribution in [2.45, 2.75) is 436 Å². The van der Waals surface area contributed by atoms with E-state index in [-0.39, 0.29) is 12.5 Å². The van der Waals surface area contributed by atoms with E-state index >= 15 is 0 Å². The second-order valence-electron chi connectivity index (χ2n) is 26.5. The van der Waals surface area contributed by atoms with Crippen molar-refractivity contribution in [2.24, 2.45) is 0 Å². The first kappa shape index (κ1) is 80.7. The molecule has 7 unspecified atom stereocenters. The van der Waals surface area contributed by atoms with Gasteiger partial charge >= 0.3 is 0 Å². The van der Waals surface area contributed by atoms with Crippen molar-refractivity contribution >= 4 is 5.91 Å². The van der Waals surface area contributed by atoms with Gasteiger partial charge in [0.15, 0.2) is 6.29 Å². The van der Waals surface area contributed by atoms with Gasteiger partial charge in [-0.2, -0.15) is 0 Å². The monoisotopic (exact) mass is 1190 g/mol. The molecule has 7 atom stereocenters. The number of allylic oxidation sites excluding steroid dienone is 4. The molecule has 9 heteroatoms. The first-order valence-electron chi connectivity index (χ1n) is 37.5. The molecule has 0 aromatic carbocycles. The van der Waals surface area contributed by atoms with Crippen molar-refractivity contribution in [1.82, 2.24) is 5.32 Å². The third-order valence-corrected chi connectivity index (χ3v) is 18.3. The predicted octanol–water partition coefficient (Wildman–Crippen LogP) is 20.8. The van der Waals surface area contributed by atoms with Gasteiger partial charge in [0.25, 0.3) is 0 Å². The minimum Gasteiger partial charge on any atom is -0.394 e. The van der Waals surface area contributed by atoms with E-state index < -0.39 is 49.5 Å². The lowest BCUT2D eigenvalue weighted by molar-refractivity contribution is -0.302. The van der Waals surface area contributed by atoms with Crippen LogP contribution in [0.4, 0.5) is 0 Å². The number of hydrogen-bond donors (Lipinski definition) is 6. The van der Waals surface area contributed by atoms with Crippen LogP contribution in [0.5, 0.6) is 0 Å². The van der Waals surface area contributed by atoms with Gasteiger partial charge in [0, 0.05) is 6.42 Å². The highest BCUT2D eigenvalue weighted by atomic mass is 16.7. The van der Waals surface area contributed by atoms with Crippen LogP contribution in [0.2, 0.25) is 0 Å². The number of carbonyl (C=O) groups is 1. The summed E-state index contributed by atoms with van der Waals surface area (Å²) < 4.78 is 11.4. The molecule has 1 aliphatic rings. The maximum atomic E-state index is 13.2. The lowest BCUT2D eigenvalue weighted by atomic mass is 9.99. The van der Waals surface area contributed by atoms with E-state index in [1.165, 1.54) is 321 Å². The molecule has 1 rings (SSSR count). The van der Waals surface area contributed by atoms with Crippen molar-refractivity contribution in [2.75, 3.05) is 13.2 Å². The number of unbranched alkanes of at least 4 members (excludes halogenated alkanes) is 53. The average molecular weight is 1190 g/mol. The Hall–Kier alpha value is -1.33. The summed E-state index contributed by atoms with van der Waals surface area (Å²) in [4.78, 5) is 13.2. The summed E-state index contributed by atoms with van der Waals surface area (Å²) in [6.45, 7) is 3.89. The number of nitrogens with one attached hydrogen (secondary N) is 1. The quantitative estimate of drug-likeness (QED) is 0.0261. The molecule has 0 aromatic heterocycles. The molecule has 1 saturated heterocycles. The van der Waals surface area contributed by atoms with Crippen LogP contribution in [0.15, 0.2) is 24.3 Å². The van der Waals surface area contributed by atoms with Crippen molar-refractivity contribution in [3.8, 4) is 0 Å². The summed E-state index contributed by atoms with van der Waals surface area (Å²) in [5.74, 6) is -0.136. The van der Waals surface area contributed by atoms with Gasteiger partial charge in [0.2, 0.25) is 5.91 Å². The Morgan fingerprint density at radius 1 is 0.405 bits per heavy atom. The van der Waals surface area contributed by atoms with Crippen molar-refractivity contribution in [3.63, 3.8) is 0 Å². The van der Waals surface area contributed by atoms with E-state index in [9.17, 15) is 30.3 Å². The van der Waals surface area contributed by atoms with Crippen LogP contribution < -0.4 is 5.32 Å². The SMILES string of the molecule is CCCCCCC/C=C\C/C=C\CCCCCCCCCCCCCCCCCCCC(=O)NC(COC1OC(CO)C(O)C(O)C1O)C(O)CCCCCCCCCCCCCCCCCCCCCCCCCCCCCCCCCC. The molecule has 1 heterocycles. The molecule has 1 aliphatic heterocycles. The van der Waals surface area contributed by atoms with Gasteiger partial charge in [0.05, 0.1) is 25.4 Å². The topological polar surface area (TPSA) is 149 Å². The Labute approximate surface area is 521 Å². The number of amides is 1. The van der Waals surface area contributed by atoms with E-state index in [4.69, 9.17) is 9.47 Å². The Morgan fingerprint density at radius 3 is 1.02 bits per heavy atom.